The molecule has 0 saturated carbocycles. The minimum atomic E-state index is -0.572. The zero-order valence-electron chi connectivity index (χ0n) is 18.1. The number of nitrogens with zero attached hydrogens (tertiary/aromatic N) is 1. The molecule has 3 rings (SSSR count). The van der Waals surface area contributed by atoms with Crippen LogP contribution >= 0.6 is 0 Å². The SMILES string of the molecule is CC(C)C(Nc1cccc(C(N)C=N)c1)C(=O)NC(=O)CN1CCc2ccccc2C1. The molecule has 0 aromatic heterocycles. The van der Waals surface area contributed by atoms with Gasteiger partial charge in [0.1, 0.15) is 6.04 Å². The van der Waals surface area contributed by atoms with Gasteiger partial charge in [-0.3, -0.25) is 19.8 Å². The van der Waals surface area contributed by atoms with E-state index in [2.05, 4.69) is 27.7 Å². The van der Waals surface area contributed by atoms with Crippen molar-refractivity contribution in [1.29, 1.82) is 5.41 Å². The van der Waals surface area contributed by atoms with Crippen molar-refractivity contribution in [2.45, 2.75) is 38.9 Å². The Labute approximate surface area is 183 Å². The molecule has 164 valence electrons. The fourth-order valence-electron chi connectivity index (χ4n) is 3.79. The van der Waals surface area contributed by atoms with Gasteiger partial charge in [0, 0.05) is 25.0 Å². The second kappa shape index (κ2) is 10.3. The molecule has 0 spiro atoms. The molecular formula is C24H31N5O2. The lowest BCUT2D eigenvalue weighted by molar-refractivity contribution is -0.132. The number of carbonyl (C=O) groups is 2. The molecule has 2 aromatic carbocycles. The highest BCUT2D eigenvalue weighted by Gasteiger charge is 2.25. The third-order valence-electron chi connectivity index (χ3n) is 5.56. The number of imide groups is 1. The standard InChI is InChI=1S/C24H31N5O2/c1-16(2)23(27-20-9-5-8-18(12-20)21(26)13-25)24(31)28-22(30)15-29-11-10-17-6-3-4-7-19(17)14-29/h3-9,12-13,16,21,23,25,27H,10-11,14-15,26H2,1-2H3,(H,28,30,31). The maximum atomic E-state index is 12.8. The van der Waals surface area contributed by atoms with Crippen molar-refractivity contribution in [2.24, 2.45) is 11.7 Å². The van der Waals surface area contributed by atoms with Crippen LogP contribution in [0.1, 0.15) is 36.6 Å². The van der Waals surface area contributed by atoms with E-state index in [0.29, 0.717) is 6.54 Å². The Hall–Kier alpha value is -3.03. The number of amides is 2. The summed E-state index contributed by atoms with van der Waals surface area (Å²) in [4.78, 5) is 27.5. The summed E-state index contributed by atoms with van der Waals surface area (Å²) in [6.07, 6.45) is 2.07. The molecule has 31 heavy (non-hydrogen) atoms. The van der Waals surface area contributed by atoms with Gasteiger partial charge in [-0.2, -0.15) is 0 Å². The number of fused-ring (bicyclic) bond motifs is 1. The molecule has 0 bridgehead atoms. The van der Waals surface area contributed by atoms with Gasteiger partial charge in [-0.15, -0.1) is 0 Å². The Morgan fingerprint density at radius 3 is 2.61 bits per heavy atom. The number of anilines is 1. The van der Waals surface area contributed by atoms with Gasteiger partial charge in [0.15, 0.2) is 0 Å². The molecule has 7 nitrogen and oxygen atoms in total. The second-order valence-electron chi connectivity index (χ2n) is 8.33. The molecule has 1 aliphatic rings. The minimum absolute atomic E-state index is 0.0327. The Morgan fingerprint density at radius 1 is 1.16 bits per heavy atom. The highest BCUT2D eigenvalue weighted by molar-refractivity contribution is 5.99. The molecule has 2 unspecified atom stereocenters. The van der Waals surface area contributed by atoms with Crippen molar-refractivity contribution < 1.29 is 9.59 Å². The summed E-state index contributed by atoms with van der Waals surface area (Å²) in [5.41, 5.74) is 9.96. The maximum absolute atomic E-state index is 12.8. The normalized spacial score (nSPS) is 15.6. The van der Waals surface area contributed by atoms with E-state index in [4.69, 9.17) is 11.1 Å². The Balaban J connectivity index is 1.59. The zero-order chi connectivity index (χ0) is 22.4. The van der Waals surface area contributed by atoms with E-state index in [1.165, 1.54) is 17.3 Å². The van der Waals surface area contributed by atoms with Gasteiger partial charge in [0.25, 0.3) is 0 Å². The summed E-state index contributed by atoms with van der Waals surface area (Å²) in [5, 5.41) is 13.1. The van der Waals surface area contributed by atoms with E-state index in [1.807, 2.05) is 50.2 Å². The fraction of sp³-hybridized carbons (Fsp3) is 0.375. The van der Waals surface area contributed by atoms with E-state index >= 15 is 0 Å². The lowest BCUT2D eigenvalue weighted by Gasteiger charge is -2.28. The molecule has 7 heteroatoms. The quantitative estimate of drug-likeness (QED) is 0.489. The first-order valence-corrected chi connectivity index (χ1v) is 10.6. The molecule has 0 radical (unpaired) electrons. The van der Waals surface area contributed by atoms with Crippen molar-refractivity contribution in [3.8, 4) is 0 Å². The number of nitrogens with two attached hydrogens (primary N) is 1. The highest BCUT2D eigenvalue weighted by atomic mass is 16.2. The number of nitrogens with one attached hydrogen (secondary N) is 3. The molecule has 1 heterocycles. The number of carbonyl (C=O) groups excluding carboxylic acids is 2. The van der Waals surface area contributed by atoms with Crippen LogP contribution in [0, 0.1) is 11.3 Å². The summed E-state index contributed by atoms with van der Waals surface area (Å²) in [5.74, 6) is -0.676. The van der Waals surface area contributed by atoms with Crippen LogP contribution in [0.4, 0.5) is 5.69 Å². The molecular weight excluding hydrogens is 390 g/mol. The van der Waals surface area contributed by atoms with Gasteiger partial charge >= 0.3 is 0 Å². The minimum Gasteiger partial charge on any atom is -0.373 e. The molecule has 1 aliphatic heterocycles. The zero-order valence-corrected chi connectivity index (χ0v) is 18.1. The molecule has 2 atom stereocenters. The van der Waals surface area contributed by atoms with E-state index in [-0.39, 0.29) is 24.3 Å². The maximum Gasteiger partial charge on any atom is 0.249 e. The first kappa shape index (κ1) is 22.7. The number of benzene rings is 2. The number of hydrogen-bond acceptors (Lipinski definition) is 6. The van der Waals surface area contributed by atoms with Crippen molar-refractivity contribution >= 4 is 23.7 Å². The number of rotatable bonds is 8. The van der Waals surface area contributed by atoms with Gasteiger partial charge in [-0.05, 0) is 41.2 Å². The van der Waals surface area contributed by atoms with Crippen LogP contribution in [0.5, 0.6) is 0 Å². The molecule has 2 aromatic rings. The van der Waals surface area contributed by atoms with Crippen LogP contribution in [0.3, 0.4) is 0 Å². The lowest BCUT2D eigenvalue weighted by Crippen LogP contribution is -2.48. The number of hydrogen-bond donors (Lipinski definition) is 4. The Bertz CT molecular complexity index is 943. The summed E-state index contributed by atoms with van der Waals surface area (Å²) < 4.78 is 0. The van der Waals surface area contributed by atoms with E-state index in [0.717, 1.165) is 24.2 Å². The first-order chi connectivity index (χ1) is 14.9. The predicted octanol–water partition coefficient (Wildman–Crippen LogP) is 2.47. The van der Waals surface area contributed by atoms with Crippen LogP contribution in [0.25, 0.3) is 0 Å². The predicted molar refractivity (Wildman–Crippen MR) is 123 cm³/mol. The van der Waals surface area contributed by atoms with Crippen LogP contribution in [-0.4, -0.2) is 42.1 Å². The molecule has 5 N–H and O–H groups in total. The van der Waals surface area contributed by atoms with Gasteiger partial charge in [-0.25, -0.2) is 0 Å². The van der Waals surface area contributed by atoms with Crippen LogP contribution in [-0.2, 0) is 22.6 Å². The average molecular weight is 422 g/mol. The van der Waals surface area contributed by atoms with E-state index < -0.39 is 12.1 Å². The van der Waals surface area contributed by atoms with Gasteiger partial charge in [0.2, 0.25) is 11.8 Å². The van der Waals surface area contributed by atoms with Gasteiger partial charge in [-0.1, -0.05) is 50.2 Å². The van der Waals surface area contributed by atoms with Gasteiger partial charge in [0.05, 0.1) is 12.6 Å². The molecule has 0 aliphatic carbocycles. The van der Waals surface area contributed by atoms with Crippen molar-refractivity contribution in [3.05, 3.63) is 65.2 Å². The summed E-state index contributed by atoms with van der Waals surface area (Å²) in [6, 6.07) is 14.5. The lowest BCUT2D eigenvalue weighted by atomic mass is 10.00. The molecule has 2 amide bonds. The van der Waals surface area contributed by atoms with Crippen molar-refractivity contribution in [2.75, 3.05) is 18.4 Å². The summed E-state index contributed by atoms with van der Waals surface area (Å²) in [6.45, 7) is 5.55. The third-order valence-corrected chi connectivity index (χ3v) is 5.56. The van der Waals surface area contributed by atoms with Crippen LogP contribution < -0.4 is 16.4 Å². The Morgan fingerprint density at radius 2 is 1.90 bits per heavy atom. The van der Waals surface area contributed by atoms with Crippen LogP contribution in [0.2, 0.25) is 0 Å². The van der Waals surface area contributed by atoms with Crippen molar-refractivity contribution in [1.82, 2.24) is 10.2 Å². The summed E-state index contributed by atoms with van der Waals surface area (Å²) >= 11 is 0. The van der Waals surface area contributed by atoms with Crippen molar-refractivity contribution in [3.63, 3.8) is 0 Å². The van der Waals surface area contributed by atoms with E-state index in [1.54, 1.807) is 0 Å². The second-order valence-corrected chi connectivity index (χ2v) is 8.33. The van der Waals surface area contributed by atoms with E-state index in [9.17, 15) is 9.59 Å². The monoisotopic (exact) mass is 421 g/mol. The largest absolute Gasteiger partial charge is 0.373 e. The highest BCUT2D eigenvalue weighted by Crippen LogP contribution is 2.19. The topological polar surface area (TPSA) is 111 Å². The van der Waals surface area contributed by atoms with Gasteiger partial charge < -0.3 is 16.5 Å². The average Bonchev–Trinajstić information content (AvgIpc) is 2.76. The first-order valence-electron chi connectivity index (χ1n) is 10.6. The third kappa shape index (κ3) is 5.99. The Kier molecular flexibility index (Phi) is 7.55. The molecule has 0 saturated heterocycles. The smallest absolute Gasteiger partial charge is 0.249 e. The molecule has 0 fully saturated rings. The van der Waals surface area contributed by atoms with Crippen LogP contribution in [0.15, 0.2) is 48.5 Å². The summed E-state index contributed by atoms with van der Waals surface area (Å²) in [7, 11) is 0. The fourth-order valence-corrected chi connectivity index (χ4v) is 3.79.